The van der Waals surface area contributed by atoms with E-state index in [1.807, 2.05) is 18.2 Å². The highest BCUT2D eigenvalue weighted by Crippen LogP contribution is 2.36. The summed E-state index contributed by atoms with van der Waals surface area (Å²) >= 11 is 1.08. The van der Waals surface area contributed by atoms with Crippen molar-refractivity contribution in [2.24, 2.45) is 0 Å². The zero-order chi connectivity index (χ0) is 20.6. The van der Waals surface area contributed by atoms with Crippen LogP contribution in [-0.2, 0) is 4.79 Å². The average molecular weight is 412 g/mol. The summed E-state index contributed by atoms with van der Waals surface area (Å²) in [4.78, 5) is 24.5. The zero-order valence-corrected chi connectivity index (χ0v) is 16.7. The van der Waals surface area contributed by atoms with Gasteiger partial charge in [0, 0.05) is 12.1 Å². The maximum absolute atomic E-state index is 12.7. The summed E-state index contributed by atoms with van der Waals surface area (Å²) in [6.45, 7) is 2.18. The number of nitrogens with one attached hydrogen (secondary N) is 2. The SMILES string of the molecule is CCNC(=O)NC(=O)[C@H](Sc1nnc(-c2ccc(OC)cc2)o1)c1ccccc1. The van der Waals surface area contributed by atoms with Gasteiger partial charge in [0.15, 0.2) is 0 Å². The Morgan fingerprint density at radius 1 is 1.10 bits per heavy atom. The Bertz CT molecular complexity index is 960. The molecular weight excluding hydrogens is 392 g/mol. The number of imide groups is 1. The van der Waals surface area contributed by atoms with E-state index < -0.39 is 17.2 Å². The molecule has 0 radical (unpaired) electrons. The Labute approximate surface area is 172 Å². The van der Waals surface area contributed by atoms with Crippen molar-refractivity contribution in [3.63, 3.8) is 0 Å². The van der Waals surface area contributed by atoms with Crippen molar-refractivity contribution in [1.29, 1.82) is 0 Å². The van der Waals surface area contributed by atoms with Crippen LogP contribution >= 0.6 is 11.8 Å². The van der Waals surface area contributed by atoms with Gasteiger partial charge < -0.3 is 14.5 Å². The molecule has 0 aliphatic rings. The van der Waals surface area contributed by atoms with Gasteiger partial charge in [-0.15, -0.1) is 10.2 Å². The Balaban J connectivity index is 1.79. The Morgan fingerprint density at radius 2 is 1.83 bits per heavy atom. The van der Waals surface area contributed by atoms with Crippen LogP contribution in [0.2, 0.25) is 0 Å². The minimum Gasteiger partial charge on any atom is -0.497 e. The van der Waals surface area contributed by atoms with Crippen LogP contribution in [0.25, 0.3) is 11.5 Å². The van der Waals surface area contributed by atoms with E-state index in [0.29, 0.717) is 23.7 Å². The molecule has 0 aliphatic carbocycles. The standard InChI is InChI=1S/C20H20N4O4S/c1-3-21-19(26)22-17(25)16(13-7-5-4-6-8-13)29-20-24-23-18(28-20)14-9-11-15(27-2)12-10-14/h4-12,16H,3H2,1-2H3,(H2,21,22,25,26)/t16-/m1/s1. The number of rotatable bonds is 7. The van der Waals surface area contributed by atoms with Gasteiger partial charge in [-0.05, 0) is 48.5 Å². The highest BCUT2D eigenvalue weighted by atomic mass is 32.2. The van der Waals surface area contributed by atoms with Gasteiger partial charge >= 0.3 is 6.03 Å². The minimum atomic E-state index is -0.733. The predicted octanol–water partition coefficient (Wildman–Crippen LogP) is 3.42. The van der Waals surface area contributed by atoms with Crippen molar-refractivity contribution in [2.75, 3.05) is 13.7 Å². The van der Waals surface area contributed by atoms with E-state index in [2.05, 4.69) is 20.8 Å². The number of aromatic nitrogens is 2. The van der Waals surface area contributed by atoms with E-state index in [1.165, 1.54) is 0 Å². The van der Waals surface area contributed by atoms with Gasteiger partial charge in [-0.25, -0.2) is 4.79 Å². The highest BCUT2D eigenvalue weighted by molar-refractivity contribution is 8.00. The Hall–Kier alpha value is -3.33. The van der Waals surface area contributed by atoms with Crippen molar-refractivity contribution < 1.29 is 18.7 Å². The lowest BCUT2D eigenvalue weighted by molar-refractivity contribution is -0.119. The lowest BCUT2D eigenvalue weighted by Crippen LogP contribution is -2.41. The number of hydrogen-bond donors (Lipinski definition) is 2. The maximum Gasteiger partial charge on any atom is 0.321 e. The molecule has 29 heavy (non-hydrogen) atoms. The third kappa shape index (κ3) is 5.35. The number of nitrogens with zero attached hydrogens (tertiary/aromatic N) is 2. The van der Waals surface area contributed by atoms with Crippen LogP contribution in [0.5, 0.6) is 5.75 Å². The van der Waals surface area contributed by atoms with Crippen LogP contribution < -0.4 is 15.4 Å². The minimum absolute atomic E-state index is 0.218. The fraction of sp³-hybridized carbons (Fsp3) is 0.200. The van der Waals surface area contributed by atoms with E-state index in [9.17, 15) is 9.59 Å². The second-order valence-electron chi connectivity index (χ2n) is 5.86. The number of urea groups is 1. The molecule has 9 heteroatoms. The molecule has 3 aromatic rings. The number of methoxy groups -OCH3 is 1. The molecule has 2 N–H and O–H groups in total. The largest absolute Gasteiger partial charge is 0.497 e. The quantitative estimate of drug-likeness (QED) is 0.573. The van der Waals surface area contributed by atoms with Crippen LogP contribution in [0, 0.1) is 0 Å². The average Bonchev–Trinajstić information content (AvgIpc) is 3.21. The van der Waals surface area contributed by atoms with Crippen LogP contribution in [-0.4, -0.2) is 35.8 Å². The van der Waals surface area contributed by atoms with Gasteiger partial charge in [0.1, 0.15) is 11.0 Å². The summed E-state index contributed by atoms with van der Waals surface area (Å²) < 4.78 is 10.9. The summed E-state index contributed by atoms with van der Waals surface area (Å²) in [5.74, 6) is 0.566. The number of ether oxygens (including phenoxy) is 1. The van der Waals surface area contributed by atoms with E-state index in [4.69, 9.17) is 9.15 Å². The number of amides is 3. The van der Waals surface area contributed by atoms with Crippen LogP contribution in [0.4, 0.5) is 4.79 Å². The summed E-state index contributed by atoms with van der Waals surface area (Å²) in [6, 6.07) is 15.7. The van der Waals surface area contributed by atoms with E-state index >= 15 is 0 Å². The first-order valence-electron chi connectivity index (χ1n) is 8.89. The van der Waals surface area contributed by atoms with E-state index in [1.54, 1.807) is 50.4 Å². The summed E-state index contributed by atoms with van der Waals surface area (Å²) in [6.07, 6.45) is 0. The summed E-state index contributed by atoms with van der Waals surface area (Å²) in [7, 11) is 1.59. The van der Waals surface area contributed by atoms with Gasteiger partial charge in [-0.3, -0.25) is 10.1 Å². The van der Waals surface area contributed by atoms with Crippen LogP contribution in [0.1, 0.15) is 17.7 Å². The number of thioether (sulfide) groups is 1. The number of benzene rings is 2. The molecule has 1 aromatic heterocycles. The zero-order valence-electron chi connectivity index (χ0n) is 15.9. The molecule has 150 valence electrons. The van der Waals surface area contributed by atoms with Gasteiger partial charge in [0.05, 0.1) is 7.11 Å². The molecule has 1 atom stereocenters. The van der Waals surface area contributed by atoms with Crippen molar-refractivity contribution >= 4 is 23.7 Å². The molecular formula is C20H20N4O4S. The lowest BCUT2D eigenvalue weighted by atomic mass is 10.1. The van der Waals surface area contributed by atoms with Crippen molar-refractivity contribution in [1.82, 2.24) is 20.8 Å². The lowest BCUT2D eigenvalue weighted by Gasteiger charge is -2.14. The van der Waals surface area contributed by atoms with Crippen LogP contribution in [0.3, 0.4) is 0 Å². The highest BCUT2D eigenvalue weighted by Gasteiger charge is 2.26. The molecule has 8 nitrogen and oxygen atoms in total. The molecule has 0 aliphatic heterocycles. The first kappa shape index (κ1) is 20.4. The molecule has 2 aromatic carbocycles. The fourth-order valence-corrected chi connectivity index (χ4v) is 3.37. The molecule has 3 amide bonds. The van der Waals surface area contributed by atoms with Crippen molar-refractivity contribution in [3.05, 3.63) is 60.2 Å². The van der Waals surface area contributed by atoms with Crippen LogP contribution in [0.15, 0.2) is 64.2 Å². The van der Waals surface area contributed by atoms with Crippen molar-refractivity contribution in [3.8, 4) is 17.2 Å². The Morgan fingerprint density at radius 3 is 2.48 bits per heavy atom. The molecule has 0 bridgehead atoms. The monoisotopic (exact) mass is 412 g/mol. The predicted molar refractivity (Wildman–Crippen MR) is 109 cm³/mol. The number of carbonyl (C=O) groups is 2. The molecule has 0 spiro atoms. The number of carbonyl (C=O) groups excluding carboxylic acids is 2. The van der Waals surface area contributed by atoms with Gasteiger partial charge in [0.25, 0.3) is 5.22 Å². The van der Waals surface area contributed by atoms with Gasteiger partial charge in [0.2, 0.25) is 11.8 Å². The smallest absolute Gasteiger partial charge is 0.321 e. The second-order valence-corrected chi connectivity index (χ2v) is 6.92. The number of hydrogen-bond acceptors (Lipinski definition) is 7. The molecule has 0 fully saturated rings. The molecule has 0 saturated heterocycles. The topological polar surface area (TPSA) is 106 Å². The third-order valence-electron chi connectivity index (χ3n) is 3.88. The summed E-state index contributed by atoms with van der Waals surface area (Å²) in [5.41, 5.74) is 1.44. The maximum atomic E-state index is 12.7. The van der Waals surface area contributed by atoms with Crippen molar-refractivity contribution in [2.45, 2.75) is 17.4 Å². The first-order chi connectivity index (χ1) is 14.1. The van der Waals surface area contributed by atoms with E-state index in [0.717, 1.165) is 17.3 Å². The van der Waals surface area contributed by atoms with Gasteiger partial charge in [-0.1, -0.05) is 30.3 Å². The molecule has 1 heterocycles. The van der Waals surface area contributed by atoms with E-state index in [-0.39, 0.29) is 5.22 Å². The normalized spacial score (nSPS) is 11.5. The molecule has 0 saturated carbocycles. The summed E-state index contributed by atoms with van der Waals surface area (Å²) in [5, 5.41) is 12.4. The van der Waals surface area contributed by atoms with Gasteiger partial charge in [-0.2, -0.15) is 0 Å². The second kappa shape index (κ2) is 9.74. The third-order valence-corrected chi connectivity index (χ3v) is 4.97. The molecule has 0 unspecified atom stereocenters. The molecule has 3 rings (SSSR count). The Kier molecular flexibility index (Phi) is 6.85. The fourth-order valence-electron chi connectivity index (χ4n) is 2.49. The first-order valence-corrected chi connectivity index (χ1v) is 9.77.